The number of nitrogens with zero attached hydrogens (tertiary/aromatic N) is 2. The fourth-order valence-electron chi connectivity index (χ4n) is 2.32. The normalized spacial score (nSPS) is 10.9. The van der Waals surface area contributed by atoms with Crippen molar-refractivity contribution >= 4 is 23.0 Å². The number of carbonyl (C=O) groups excluding carboxylic acids is 1. The van der Waals surface area contributed by atoms with Crippen molar-refractivity contribution in [2.45, 2.75) is 6.92 Å². The SMILES string of the molecule is Cc1cccc(OCCNC(=O)/C=C/c2cnc3ccccc3n2)c1. The number of nitrogens with one attached hydrogen (secondary N) is 1. The van der Waals surface area contributed by atoms with Gasteiger partial charge in [0, 0.05) is 6.08 Å². The molecule has 0 aliphatic carbocycles. The average Bonchev–Trinajstić information content (AvgIpc) is 2.63. The van der Waals surface area contributed by atoms with Gasteiger partial charge in [-0.3, -0.25) is 9.78 Å². The fraction of sp³-hybridized carbons (Fsp3) is 0.150. The number of para-hydroxylation sites is 2. The molecule has 25 heavy (non-hydrogen) atoms. The molecule has 3 aromatic rings. The number of aryl methyl sites for hydroxylation is 1. The van der Waals surface area contributed by atoms with E-state index in [4.69, 9.17) is 4.74 Å². The van der Waals surface area contributed by atoms with E-state index in [-0.39, 0.29) is 5.91 Å². The minimum absolute atomic E-state index is 0.192. The van der Waals surface area contributed by atoms with Gasteiger partial charge in [0.1, 0.15) is 12.4 Å². The van der Waals surface area contributed by atoms with Gasteiger partial charge >= 0.3 is 0 Å². The van der Waals surface area contributed by atoms with Crippen LogP contribution in [0.1, 0.15) is 11.3 Å². The summed E-state index contributed by atoms with van der Waals surface area (Å²) in [7, 11) is 0. The predicted molar refractivity (Wildman–Crippen MR) is 98.3 cm³/mol. The molecule has 5 heteroatoms. The molecule has 0 bridgehead atoms. The average molecular weight is 333 g/mol. The summed E-state index contributed by atoms with van der Waals surface area (Å²) < 4.78 is 5.59. The molecule has 0 aliphatic heterocycles. The summed E-state index contributed by atoms with van der Waals surface area (Å²) in [5, 5.41) is 2.78. The van der Waals surface area contributed by atoms with E-state index in [1.165, 1.54) is 6.08 Å². The van der Waals surface area contributed by atoms with Gasteiger partial charge in [0.2, 0.25) is 5.91 Å². The zero-order valence-electron chi connectivity index (χ0n) is 14.0. The summed E-state index contributed by atoms with van der Waals surface area (Å²) in [6.45, 7) is 2.86. The summed E-state index contributed by atoms with van der Waals surface area (Å²) in [5.41, 5.74) is 3.42. The van der Waals surface area contributed by atoms with Crippen molar-refractivity contribution in [3.05, 3.63) is 72.1 Å². The van der Waals surface area contributed by atoms with Gasteiger partial charge < -0.3 is 10.1 Å². The first-order valence-corrected chi connectivity index (χ1v) is 8.08. The van der Waals surface area contributed by atoms with E-state index >= 15 is 0 Å². The standard InChI is InChI=1S/C20H19N3O2/c1-15-5-4-6-17(13-15)25-12-11-21-20(24)10-9-16-14-22-18-7-2-3-8-19(18)23-16/h2-10,13-14H,11-12H2,1H3,(H,21,24)/b10-9+. The first kappa shape index (κ1) is 16.6. The molecule has 0 unspecified atom stereocenters. The van der Waals surface area contributed by atoms with Crippen LogP contribution in [-0.2, 0) is 4.79 Å². The summed E-state index contributed by atoms with van der Waals surface area (Å²) in [6, 6.07) is 15.4. The van der Waals surface area contributed by atoms with Crippen LogP contribution in [0.3, 0.4) is 0 Å². The number of carbonyl (C=O) groups is 1. The Hall–Kier alpha value is -3.21. The third-order valence-corrected chi connectivity index (χ3v) is 3.53. The van der Waals surface area contributed by atoms with E-state index < -0.39 is 0 Å². The van der Waals surface area contributed by atoms with Crippen molar-refractivity contribution in [1.82, 2.24) is 15.3 Å². The van der Waals surface area contributed by atoms with Gasteiger partial charge in [-0.2, -0.15) is 0 Å². The highest BCUT2D eigenvalue weighted by Gasteiger charge is 1.99. The van der Waals surface area contributed by atoms with Gasteiger partial charge in [0.15, 0.2) is 0 Å². The van der Waals surface area contributed by atoms with Crippen molar-refractivity contribution in [3.8, 4) is 5.75 Å². The second-order valence-corrected chi connectivity index (χ2v) is 5.57. The Kier molecular flexibility index (Phi) is 5.36. The van der Waals surface area contributed by atoms with Gasteiger partial charge in [-0.05, 0) is 42.8 Å². The van der Waals surface area contributed by atoms with Crippen LogP contribution in [0.5, 0.6) is 5.75 Å². The Morgan fingerprint density at radius 1 is 1.16 bits per heavy atom. The molecule has 0 atom stereocenters. The molecule has 1 aromatic heterocycles. The smallest absolute Gasteiger partial charge is 0.244 e. The van der Waals surface area contributed by atoms with Crippen LogP contribution in [-0.4, -0.2) is 29.0 Å². The first-order valence-electron chi connectivity index (χ1n) is 8.08. The molecule has 0 fully saturated rings. The molecule has 0 saturated heterocycles. The van der Waals surface area contributed by atoms with Crippen LogP contribution in [0.25, 0.3) is 17.1 Å². The molecular weight excluding hydrogens is 314 g/mol. The zero-order chi connectivity index (χ0) is 17.5. The summed E-state index contributed by atoms with van der Waals surface area (Å²) in [5.74, 6) is 0.610. The van der Waals surface area contributed by atoms with Crippen molar-refractivity contribution in [3.63, 3.8) is 0 Å². The van der Waals surface area contributed by atoms with E-state index in [1.807, 2.05) is 55.5 Å². The second kappa shape index (κ2) is 8.06. The molecule has 1 amide bonds. The van der Waals surface area contributed by atoms with E-state index in [1.54, 1.807) is 12.3 Å². The highest BCUT2D eigenvalue weighted by atomic mass is 16.5. The lowest BCUT2D eigenvalue weighted by atomic mass is 10.2. The van der Waals surface area contributed by atoms with E-state index in [0.717, 1.165) is 22.3 Å². The lowest BCUT2D eigenvalue weighted by Gasteiger charge is -2.07. The number of aromatic nitrogens is 2. The van der Waals surface area contributed by atoms with Crippen molar-refractivity contribution in [2.75, 3.05) is 13.2 Å². The van der Waals surface area contributed by atoms with Crippen LogP contribution >= 0.6 is 0 Å². The topological polar surface area (TPSA) is 64.1 Å². The monoisotopic (exact) mass is 333 g/mol. The van der Waals surface area contributed by atoms with Crippen LogP contribution in [0.4, 0.5) is 0 Å². The molecule has 126 valence electrons. The van der Waals surface area contributed by atoms with Crippen molar-refractivity contribution < 1.29 is 9.53 Å². The number of fused-ring (bicyclic) bond motifs is 1. The van der Waals surface area contributed by atoms with E-state index in [9.17, 15) is 4.79 Å². The Bertz CT molecular complexity index is 906. The Morgan fingerprint density at radius 3 is 2.84 bits per heavy atom. The van der Waals surface area contributed by atoms with Gasteiger partial charge in [0.25, 0.3) is 0 Å². The van der Waals surface area contributed by atoms with Crippen molar-refractivity contribution in [1.29, 1.82) is 0 Å². The molecule has 0 aliphatic rings. The molecule has 5 nitrogen and oxygen atoms in total. The van der Waals surface area contributed by atoms with Gasteiger partial charge in [-0.15, -0.1) is 0 Å². The number of benzene rings is 2. The minimum atomic E-state index is -0.192. The number of rotatable bonds is 6. The number of hydrogen-bond donors (Lipinski definition) is 1. The Balaban J connectivity index is 1.47. The third kappa shape index (κ3) is 4.88. The third-order valence-electron chi connectivity index (χ3n) is 3.53. The molecule has 1 N–H and O–H groups in total. The fourth-order valence-corrected chi connectivity index (χ4v) is 2.32. The highest BCUT2D eigenvalue weighted by molar-refractivity contribution is 5.91. The lowest BCUT2D eigenvalue weighted by molar-refractivity contribution is -0.116. The maximum atomic E-state index is 11.8. The Labute approximate surface area is 146 Å². The van der Waals surface area contributed by atoms with Crippen LogP contribution in [0.15, 0.2) is 60.8 Å². The van der Waals surface area contributed by atoms with Gasteiger partial charge in [-0.25, -0.2) is 4.98 Å². The largest absolute Gasteiger partial charge is 0.492 e. The molecule has 0 saturated carbocycles. The first-order chi connectivity index (χ1) is 12.2. The van der Waals surface area contributed by atoms with Crippen molar-refractivity contribution in [2.24, 2.45) is 0 Å². The maximum Gasteiger partial charge on any atom is 0.244 e. The summed E-state index contributed by atoms with van der Waals surface area (Å²) in [4.78, 5) is 20.6. The minimum Gasteiger partial charge on any atom is -0.492 e. The van der Waals surface area contributed by atoms with Gasteiger partial charge in [0.05, 0.1) is 29.5 Å². The van der Waals surface area contributed by atoms with E-state index in [2.05, 4.69) is 15.3 Å². The quantitative estimate of drug-likeness (QED) is 0.556. The van der Waals surface area contributed by atoms with Gasteiger partial charge in [-0.1, -0.05) is 24.3 Å². The second-order valence-electron chi connectivity index (χ2n) is 5.57. The number of ether oxygens (including phenoxy) is 1. The molecule has 0 radical (unpaired) electrons. The van der Waals surface area contributed by atoms with Crippen LogP contribution in [0, 0.1) is 6.92 Å². The Morgan fingerprint density at radius 2 is 2.00 bits per heavy atom. The zero-order valence-corrected chi connectivity index (χ0v) is 14.0. The molecule has 2 aromatic carbocycles. The predicted octanol–water partition coefficient (Wildman–Crippen LogP) is 3.15. The number of amides is 1. The summed E-state index contributed by atoms with van der Waals surface area (Å²) >= 11 is 0. The highest BCUT2D eigenvalue weighted by Crippen LogP contribution is 2.12. The van der Waals surface area contributed by atoms with Crippen LogP contribution in [0.2, 0.25) is 0 Å². The molecule has 0 spiro atoms. The lowest BCUT2D eigenvalue weighted by Crippen LogP contribution is -2.26. The molecular formula is C20H19N3O2. The van der Waals surface area contributed by atoms with Crippen LogP contribution < -0.4 is 10.1 Å². The maximum absolute atomic E-state index is 11.8. The molecule has 1 heterocycles. The summed E-state index contributed by atoms with van der Waals surface area (Å²) in [6.07, 6.45) is 4.74. The number of hydrogen-bond acceptors (Lipinski definition) is 4. The van der Waals surface area contributed by atoms with E-state index in [0.29, 0.717) is 18.8 Å². The molecule has 3 rings (SSSR count).